The molecule has 0 aliphatic carbocycles. The fourth-order valence-electron chi connectivity index (χ4n) is 4.33. The maximum atomic E-state index is 13.3. The van der Waals surface area contributed by atoms with Gasteiger partial charge in [-0.25, -0.2) is 17.6 Å². The Hall–Kier alpha value is -0.280. The summed E-state index contributed by atoms with van der Waals surface area (Å²) in [6.07, 6.45) is 14.9. The Morgan fingerprint density at radius 1 is 0.367 bits per heavy atom. The molecule has 0 aromatic rings. The van der Waals surface area contributed by atoms with Crippen LogP contribution in [0.15, 0.2) is 0 Å². The number of halogens is 4. The summed E-state index contributed by atoms with van der Waals surface area (Å²) in [6, 6.07) is 0. The van der Waals surface area contributed by atoms with Crippen LogP contribution < -0.4 is 0 Å². The van der Waals surface area contributed by atoms with Crippen molar-refractivity contribution in [1.82, 2.24) is 0 Å². The number of alkyl halides is 4. The maximum absolute atomic E-state index is 13.3. The predicted molar refractivity (Wildman–Crippen MR) is 123 cm³/mol. The molecule has 0 heterocycles. The zero-order valence-corrected chi connectivity index (χ0v) is 20.0. The van der Waals surface area contributed by atoms with Gasteiger partial charge < -0.3 is 0 Å². The van der Waals surface area contributed by atoms with Gasteiger partial charge in [0.2, 0.25) is 12.9 Å². The summed E-state index contributed by atoms with van der Waals surface area (Å²) in [5, 5.41) is 0. The number of rotatable bonds is 23. The highest BCUT2D eigenvalue weighted by Crippen LogP contribution is 2.28. The molecule has 0 aliphatic heterocycles. The lowest BCUT2D eigenvalue weighted by molar-refractivity contribution is 0.0563. The minimum Gasteiger partial charge on any atom is -0.210 e. The highest BCUT2D eigenvalue weighted by Gasteiger charge is 2.22. The van der Waals surface area contributed by atoms with Crippen LogP contribution in [0.3, 0.4) is 0 Å². The van der Waals surface area contributed by atoms with Crippen molar-refractivity contribution in [3.05, 3.63) is 0 Å². The summed E-state index contributed by atoms with van der Waals surface area (Å²) >= 11 is 0. The van der Waals surface area contributed by atoms with Crippen LogP contribution in [0.5, 0.6) is 0 Å². The number of hydrogen-bond acceptors (Lipinski definition) is 0. The molecule has 2 atom stereocenters. The molecule has 0 amide bonds. The van der Waals surface area contributed by atoms with Gasteiger partial charge in [-0.1, -0.05) is 117 Å². The van der Waals surface area contributed by atoms with E-state index >= 15 is 0 Å². The Kier molecular flexibility index (Phi) is 21.7. The quantitative estimate of drug-likeness (QED) is 0.110. The van der Waals surface area contributed by atoms with Crippen molar-refractivity contribution in [2.24, 2.45) is 11.8 Å². The molecule has 0 aliphatic rings. The van der Waals surface area contributed by atoms with Crippen LogP contribution in [0.25, 0.3) is 0 Å². The van der Waals surface area contributed by atoms with E-state index in [4.69, 9.17) is 0 Å². The lowest BCUT2D eigenvalue weighted by Crippen LogP contribution is -2.13. The van der Waals surface area contributed by atoms with E-state index in [1.807, 2.05) is 0 Å². The van der Waals surface area contributed by atoms with E-state index in [1.54, 1.807) is 0 Å². The lowest BCUT2D eigenvalue weighted by Gasteiger charge is -2.18. The molecule has 4 heteroatoms. The monoisotopic (exact) mass is 438 g/mol. The summed E-state index contributed by atoms with van der Waals surface area (Å²) < 4.78 is 53.1. The summed E-state index contributed by atoms with van der Waals surface area (Å²) in [6.45, 7) is 4.37. The number of unbranched alkanes of at least 4 members (excludes halogenated alkanes) is 13. The largest absolute Gasteiger partial charge is 0.241 e. The Balaban J connectivity index is 3.87. The summed E-state index contributed by atoms with van der Waals surface area (Å²) in [7, 11) is 0. The molecule has 0 aromatic carbocycles. The second-order valence-corrected chi connectivity index (χ2v) is 9.29. The summed E-state index contributed by atoms with van der Waals surface area (Å²) in [4.78, 5) is 0. The minimum absolute atomic E-state index is 0.487. The fraction of sp³-hybridized carbons (Fsp3) is 1.00. The molecule has 0 N–H and O–H groups in total. The second-order valence-electron chi connectivity index (χ2n) is 9.29. The molecule has 0 rings (SSSR count). The molecule has 0 saturated heterocycles. The zero-order valence-electron chi connectivity index (χ0n) is 20.0. The topological polar surface area (TPSA) is 0 Å². The third-order valence-electron chi connectivity index (χ3n) is 6.47. The van der Waals surface area contributed by atoms with Gasteiger partial charge in [0.15, 0.2) is 0 Å². The Morgan fingerprint density at radius 2 is 0.600 bits per heavy atom. The molecule has 0 fully saturated rings. The van der Waals surface area contributed by atoms with Crippen LogP contribution in [0.1, 0.15) is 142 Å². The summed E-state index contributed by atoms with van der Waals surface area (Å²) in [5.41, 5.74) is 0. The Bertz CT molecular complexity index is 301. The van der Waals surface area contributed by atoms with E-state index in [-0.39, 0.29) is 0 Å². The van der Waals surface area contributed by atoms with Crippen LogP contribution in [-0.2, 0) is 0 Å². The van der Waals surface area contributed by atoms with Gasteiger partial charge in [-0.15, -0.1) is 0 Å². The van der Waals surface area contributed by atoms with Crippen LogP contribution in [0.4, 0.5) is 17.6 Å². The van der Waals surface area contributed by atoms with Crippen molar-refractivity contribution in [3.63, 3.8) is 0 Å². The van der Waals surface area contributed by atoms with Crippen molar-refractivity contribution >= 4 is 0 Å². The van der Waals surface area contributed by atoms with Gasteiger partial charge in [0, 0.05) is 11.8 Å². The molecular formula is C26H50F4. The van der Waals surface area contributed by atoms with Crippen molar-refractivity contribution < 1.29 is 17.6 Å². The molecule has 0 bridgehead atoms. The minimum atomic E-state index is -2.27. The highest BCUT2D eigenvalue weighted by atomic mass is 19.3. The van der Waals surface area contributed by atoms with E-state index in [2.05, 4.69) is 13.8 Å². The van der Waals surface area contributed by atoms with Gasteiger partial charge in [-0.3, -0.25) is 0 Å². The third kappa shape index (κ3) is 18.5. The van der Waals surface area contributed by atoms with E-state index < -0.39 is 24.7 Å². The van der Waals surface area contributed by atoms with Crippen molar-refractivity contribution in [2.75, 3.05) is 0 Å². The third-order valence-corrected chi connectivity index (χ3v) is 6.47. The Morgan fingerprint density at radius 3 is 0.867 bits per heavy atom. The average Bonchev–Trinajstić information content (AvgIpc) is 2.71. The van der Waals surface area contributed by atoms with Crippen molar-refractivity contribution in [3.8, 4) is 0 Å². The normalized spacial score (nSPS) is 14.0. The lowest BCUT2D eigenvalue weighted by atomic mass is 9.91. The first kappa shape index (κ1) is 29.7. The molecule has 0 spiro atoms. The van der Waals surface area contributed by atoms with Gasteiger partial charge in [0.05, 0.1) is 0 Å². The fourth-order valence-corrected chi connectivity index (χ4v) is 4.33. The van der Waals surface area contributed by atoms with Gasteiger partial charge in [-0.05, 0) is 25.7 Å². The van der Waals surface area contributed by atoms with Crippen molar-refractivity contribution in [2.45, 2.75) is 155 Å². The first-order valence-corrected chi connectivity index (χ1v) is 13.1. The first-order valence-electron chi connectivity index (χ1n) is 13.1. The van der Waals surface area contributed by atoms with Gasteiger partial charge in [0.25, 0.3) is 0 Å². The van der Waals surface area contributed by atoms with Crippen LogP contribution in [-0.4, -0.2) is 12.9 Å². The van der Waals surface area contributed by atoms with Gasteiger partial charge in [-0.2, -0.15) is 0 Å². The summed E-state index contributed by atoms with van der Waals surface area (Å²) in [5.74, 6) is -1.09. The van der Waals surface area contributed by atoms with Crippen LogP contribution >= 0.6 is 0 Å². The molecule has 30 heavy (non-hydrogen) atoms. The average molecular weight is 439 g/mol. The van der Waals surface area contributed by atoms with Crippen LogP contribution in [0.2, 0.25) is 0 Å². The Labute approximate surface area is 185 Å². The van der Waals surface area contributed by atoms with Crippen molar-refractivity contribution in [1.29, 1.82) is 0 Å². The standard InChI is InChI=1S/C26H50F4/c1-3-5-7-9-11-13-15-19-23(25(27)28)21-17-18-22-24(26(29)30)20-16-14-12-10-8-6-4-2/h23-26H,3-22H2,1-2H3. The molecule has 182 valence electrons. The molecular weight excluding hydrogens is 388 g/mol. The first-order chi connectivity index (χ1) is 14.5. The zero-order chi connectivity index (χ0) is 22.5. The van der Waals surface area contributed by atoms with Gasteiger partial charge >= 0.3 is 0 Å². The molecule has 0 aromatic heterocycles. The van der Waals surface area contributed by atoms with E-state index in [9.17, 15) is 17.6 Å². The van der Waals surface area contributed by atoms with Crippen LogP contribution in [0, 0.1) is 11.8 Å². The van der Waals surface area contributed by atoms with Gasteiger partial charge in [0.1, 0.15) is 0 Å². The molecule has 0 nitrogen and oxygen atoms in total. The van der Waals surface area contributed by atoms with E-state index in [0.29, 0.717) is 38.5 Å². The van der Waals surface area contributed by atoms with E-state index in [0.717, 1.165) is 38.5 Å². The molecule has 0 radical (unpaired) electrons. The molecule has 2 unspecified atom stereocenters. The predicted octanol–water partition coefficient (Wildman–Crippen LogP) is 10.6. The smallest absolute Gasteiger partial charge is 0.210 e. The van der Waals surface area contributed by atoms with E-state index in [1.165, 1.54) is 51.4 Å². The SMILES string of the molecule is CCCCCCCCCC(CCCCC(CCCCCCCCC)C(F)F)C(F)F. The maximum Gasteiger partial charge on any atom is 0.241 e. The number of hydrogen-bond donors (Lipinski definition) is 0. The highest BCUT2D eigenvalue weighted by molar-refractivity contribution is 4.66. The molecule has 0 saturated carbocycles. The second kappa shape index (κ2) is 21.9.